The van der Waals surface area contributed by atoms with Crippen molar-refractivity contribution in [2.24, 2.45) is 5.73 Å². The van der Waals surface area contributed by atoms with Crippen LogP contribution in [0.5, 0.6) is 0 Å². The number of rotatable bonds is 10. The standard InChI is InChI=1S/C30H32N2O8/c1-29(2,3)40-27(36)30(31,19-38-28(37)32-23-16-14-20(15-17-23)18-24(33)34)26(35)39-25(21-10-6-4-7-11-21)22-12-8-5-9-13-22/h4-17,25H,18-19,31H2,1-3H3,(H,32,37)(H,33,34)/t30-/m1/s1. The van der Waals surface area contributed by atoms with E-state index in [0.717, 1.165) is 0 Å². The van der Waals surface area contributed by atoms with Crippen molar-refractivity contribution in [1.29, 1.82) is 0 Å². The van der Waals surface area contributed by atoms with Crippen LogP contribution in [0.3, 0.4) is 0 Å². The van der Waals surface area contributed by atoms with E-state index in [2.05, 4.69) is 5.32 Å². The molecule has 0 fully saturated rings. The zero-order chi connectivity index (χ0) is 29.3. The number of esters is 2. The number of nitrogens with two attached hydrogens (primary N) is 1. The Kier molecular flexibility index (Phi) is 9.63. The Morgan fingerprint density at radius 2 is 1.35 bits per heavy atom. The van der Waals surface area contributed by atoms with Crippen molar-refractivity contribution >= 4 is 29.7 Å². The number of anilines is 1. The number of carboxylic acid groups (broad SMARTS) is 1. The second-order valence-electron chi connectivity index (χ2n) is 10.0. The van der Waals surface area contributed by atoms with Gasteiger partial charge < -0.3 is 25.1 Å². The molecule has 3 rings (SSSR count). The van der Waals surface area contributed by atoms with Crippen molar-refractivity contribution in [2.75, 3.05) is 11.9 Å². The number of ether oxygens (including phenoxy) is 3. The van der Waals surface area contributed by atoms with E-state index in [0.29, 0.717) is 22.4 Å². The van der Waals surface area contributed by atoms with Gasteiger partial charge in [0.1, 0.15) is 12.2 Å². The maximum absolute atomic E-state index is 13.5. The molecule has 0 aliphatic carbocycles. The average Bonchev–Trinajstić information content (AvgIpc) is 2.91. The summed E-state index contributed by atoms with van der Waals surface area (Å²) in [4.78, 5) is 50.1. The Balaban J connectivity index is 1.81. The van der Waals surface area contributed by atoms with E-state index < -0.39 is 47.9 Å². The van der Waals surface area contributed by atoms with E-state index in [-0.39, 0.29) is 6.42 Å². The fourth-order valence-electron chi connectivity index (χ4n) is 3.58. The molecule has 210 valence electrons. The normalized spacial score (nSPS) is 12.6. The maximum atomic E-state index is 13.5. The van der Waals surface area contributed by atoms with Gasteiger partial charge in [-0.1, -0.05) is 72.8 Å². The Morgan fingerprint density at radius 1 is 0.825 bits per heavy atom. The molecule has 10 nitrogen and oxygen atoms in total. The third-order valence-electron chi connectivity index (χ3n) is 5.54. The number of nitrogens with one attached hydrogen (secondary N) is 1. The predicted molar refractivity (Wildman–Crippen MR) is 146 cm³/mol. The van der Waals surface area contributed by atoms with Crippen LogP contribution in [-0.4, -0.2) is 46.9 Å². The molecule has 0 saturated carbocycles. The highest BCUT2D eigenvalue weighted by atomic mass is 16.6. The number of benzene rings is 3. The monoisotopic (exact) mass is 548 g/mol. The number of carboxylic acids is 1. The second-order valence-corrected chi connectivity index (χ2v) is 10.0. The van der Waals surface area contributed by atoms with Gasteiger partial charge in [-0.15, -0.1) is 0 Å². The average molecular weight is 549 g/mol. The van der Waals surface area contributed by atoms with Crippen LogP contribution < -0.4 is 11.1 Å². The van der Waals surface area contributed by atoms with E-state index in [1.165, 1.54) is 24.3 Å². The molecule has 0 bridgehead atoms. The van der Waals surface area contributed by atoms with Crippen LogP contribution in [0.25, 0.3) is 0 Å². The van der Waals surface area contributed by atoms with Gasteiger partial charge >= 0.3 is 24.0 Å². The van der Waals surface area contributed by atoms with Crippen molar-refractivity contribution < 1.29 is 38.5 Å². The Bertz CT molecular complexity index is 1280. The van der Waals surface area contributed by atoms with Crippen LogP contribution in [0.1, 0.15) is 43.6 Å². The zero-order valence-corrected chi connectivity index (χ0v) is 22.5. The van der Waals surface area contributed by atoms with E-state index in [4.69, 9.17) is 25.1 Å². The highest BCUT2D eigenvalue weighted by Crippen LogP contribution is 2.28. The van der Waals surface area contributed by atoms with Gasteiger partial charge in [-0.2, -0.15) is 0 Å². The van der Waals surface area contributed by atoms with E-state index in [1.807, 2.05) is 12.1 Å². The molecule has 3 aromatic rings. The van der Waals surface area contributed by atoms with Gasteiger partial charge in [0, 0.05) is 5.69 Å². The van der Waals surface area contributed by atoms with Crippen molar-refractivity contribution in [3.8, 4) is 0 Å². The van der Waals surface area contributed by atoms with Crippen LogP contribution >= 0.6 is 0 Å². The molecule has 0 saturated heterocycles. The summed E-state index contributed by atoms with van der Waals surface area (Å²) in [6.45, 7) is 3.94. The minimum absolute atomic E-state index is 0.175. The van der Waals surface area contributed by atoms with Gasteiger partial charge in [0.25, 0.3) is 0 Å². The first kappa shape index (κ1) is 29.9. The van der Waals surface area contributed by atoms with Crippen molar-refractivity contribution in [3.63, 3.8) is 0 Å². The van der Waals surface area contributed by atoms with Crippen LogP contribution in [0.15, 0.2) is 84.9 Å². The smallest absolute Gasteiger partial charge is 0.411 e. The lowest BCUT2D eigenvalue weighted by Crippen LogP contribution is -2.61. The molecule has 0 spiro atoms. The maximum Gasteiger partial charge on any atom is 0.411 e. The number of hydrogen-bond donors (Lipinski definition) is 3. The molecule has 40 heavy (non-hydrogen) atoms. The highest BCUT2D eigenvalue weighted by molar-refractivity contribution is 6.05. The molecule has 10 heteroatoms. The fourth-order valence-corrected chi connectivity index (χ4v) is 3.58. The number of carbonyl (C=O) groups excluding carboxylic acids is 3. The molecule has 0 radical (unpaired) electrons. The van der Waals surface area contributed by atoms with Crippen molar-refractivity contribution in [2.45, 2.75) is 44.4 Å². The van der Waals surface area contributed by atoms with Gasteiger partial charge in [-0.05, 0) is 49.6 Å². The first-order chi connectivity index (χ1) is 18.9. The summed E-state index contributed by atoms with van der Waals surface area (Å²) in [5.74, 6) is -3.27. The molecular weight excluding hydrogens is 516 g/mol. The number of aliphatic carboxylic acids is 1. The summed E-state index contributed by atoms with van der Waals surface area (Å²) in [6, 6.07) is 23.9. The van der Waals surface area contributed by atoms with Gasteiger partial charge in [0.15, 0.2) is 6.10 Å². The molecule has 0 aromatic heterocycles. The summed E-state index contributed by atoms with van der Waals surface area (Å²) in [5, 5.41) is 11.3. The summed E-state index contributed by atoms with van der Waals surface area (Å²) < 4.78 is 16.4. The number of carbonyl (C=O) groups is 4. The minimum atomic E-state index is -2.49. The lowest BCUT2D eigenvalue weighted by Gasteiger charge is -2.30. The van der Waals surface area contributed by atoms with E-state index in [1.54, 1.807) is 69.3 Å². The predicted octanol–water partition coefficient (Wildman–Crippen LogP) is 4.23. The van der Waals surface area contributed by atoms with Gasteiger partial charge in [-0.3, -0.25) is 10.1 Å². The summed E-state index contributed by atoms with van der Waals surface area (Å²) >= 11 is 0. The third kappa shape index (κ3) is 8.40. The SMILES string of the molecule is CC(C)(C)OC(=O)[C@@](N)(COC(=O)Nc1ccc(CC(=O)O)cc1)C(=O)OC(c1ccccc1)c1ccccc1. The molecule has 0 heterocycles. The number of hydrogen-bond acceptors (Lipinski definition) is 8. The van der Waals surface area contributed by atoms with Gasteiger partial charge in [-0.25, -0.2) is 14.4 Å². The van der Waals surface area contributed by atoms with Crippen LogP contribution in [0.4, 0.5) is 10.5 Å². The molecule has 0 aliphatic heterocycles. The zero-order valence-electron chi connectivity index (χ0n) is 22.5. The lowest BCUT2D eigenvalue weighted by molar-refractivity contribution is -0.175. The molecule has 3 aromatic carbocycles. The van der Waals surface area contributed by atoms with E-state index in [9.17, 15) is 19.2 Å². The Morgan fingerprint density at radius 3 is 1.82 bits per heavy atom. The largest absolute Gasteiger partial charge is 0.481 e. The van der Waals surface area contributed by atoms with Crippen LogP contribution in [0, 0.1) is 0 Å². The van der Waals surface area contributed by atoms with E-state index >= 15 is 0 Å². The first-order valence-electron chi connectivity index (χ1n) is 12.5. The molecule has 1 amide bonds. The lowest BCUT2D eigenvalue weighted by atomic mass is 9.99. The molecule has 1 atom stereocenters. The number of amides is 1. The molecule has 0 aliphatic rings. The van der Waals surface area contributed by atoms with Crippen molar-refractivity contribution in [1.82, 2.24) is 0 Å². The molecule has 0 unspecified atom stereocenters. The quantitative estimate of drug-likeness (QED) is 0.192. The second kappa shape index (κ2) is 12.9. The molecular formula is C30H32N2O8. The summed E-state index contributed by atoms with van der Waals surface area (Å²) in [6.07, 6.45) is -2.08. The van der Waals surface area contributed by atoms with Crippen molar-refractivity contribution in [3.05, 3.63) is 102 Å². The first-order valence-corrected chi connectivity index (χ1v) is 12.5. The highest BCUT2D eigenvalue weighted by Gasteiger charge is 2.49. The Hall–Kier alpha value is -4.70. The third-order valence-corrected chi connectivity index (χ3v) is 5.54. The topological polar surface area (TPSA) is 154 Å². The Labute approximate surface area is 232 Å². The minimum Gasteiger partial charge on any atom is -0.481 e. The van der Waals surface area contributed by atoms with Gasteiger partial charge in [0.05, 0.1) is 6.42 Å². The molecule has 4 N–H and O–H groups in total. The fraction of sp³-hybridized carbons (Fsp3) is 0.267. The summed E-state index contributed by atoms with van der Waals surface area (Å²) in [5.41, 5.74) is 4.92. The van der Waals surface area contributed by atoms with Crippen LogP contribution in [0.2, 0.25) is 0 Å². The summed E-state index contributed by atoms with van der Waals surface area (Å²) in [7, 11) is 0. The van der Waals surface area contributed by atoms with Crippen LogP contribution in [-0.2, 0) is 35.0 Å². The van der Waals surface area contributed by atoms with Gasteiger partial charge in [0.2, 0.25) is 5.54 Å².